The number of ether oxygens (including phenoxy) is 1. The van der Waals surface area contributed by atoms with Crippen molar-refractivity contribution < 1.29 is 29.3 Å². The minimum absolute atomic E-state index is 0.00460. The number of nitrogens with zero attached hydrogens (tertiary/aromatic N) is 4. The molecule has 1 aliphatic carbocycles. The van der Waals surface area contributed by atoms with Gasteiger partial charge in [0.2, 0.25) is 0 Å². The molecule has 202 valence electrons. The van der Waals surface area contributed by atoms with E-state index in [1.165, 1.54) is 23.2 Å². The van der Waals surface area contributed by atoms with E-state index in [1.54, 1.807) is 0 Å². The molecule has 0 fully saturated rings. The smallest absolute Gasteiger partial charge is 0.407 e. The normalized spacial score (nSPS) is 12.7. The molecule has 1 amide bonds. The third kappa shape index (κ3) is 5.07. The second kappa shape index (κ2) is 10.6. The minimum Gasteiger partial charge on any atom is -0.480 e. The summed E-state index contributed by atoms with van der Waals surface area (Å²) < 4.78 is 6.69. The summed E-state index contributed by atoms with van der Waals surface area (Å²) in [4.78, 5) is 49.5. The number of benzene rings is 3. The van der Waals surface area contributed by atoms with Gasteiger partial charge in [0.15, 0.2) is 0 Å². The molecule has 4 aromatic rings. The zero-order valence-corrected chi connectivity index (χ0v) is 20.7. The Hall–Kier alpha value is -5.59. The highest BCUT2D eigenvalue weighted by atomic mass is 16.6. The number of carboxylic acid groups (broad SMARTS) is 1. The highest BCUT2D eigenvalue weighted by Gasteiger charge is 2.30. The summed E-state index contributed by atoms with van der Waals surface area (Å²) in [5.74, 6) is -1.53. The van der Waals surface area contributed by atoms with Crippen molar-refractivity contribution in [2.24, 2.45) is 0 Å². The van der Waals surface area contributed by atoms with E-state index >= 15 is 0 Å². The fourth-order valence-electron chi connectivity index (χ4n) is 4.78. The molecule has 0 spiro atoms. The van der Waals surface area contributed by atoms with Gasteiger partial charge in [0, 0.05) is 24.6 Å². The van der Waals surface area contributed by atoms with E-state index in [0.717, 1.165) is 34.4 Å². The number of nitrogens with one attached hydrogen (secondary N) is 1. The minimum atomic E-state index is -1.40. The highest BCUT2D eigenvalue weighted by Crippen LogP contribution is 2.44. The summed E-state index contributed by atoms with van der Waals surface area (Å²) in [5, 5.41) is 34.5. The average Bonchev–Trinajstić information content (AvgIpc) is 3.53. The van der Waals surface area contributed by atoms with Gasteiger partial charge in [-0.2, -0.15) is 0 Å². The number of aromatic nitrogens is 2. The largest absolute Gasteiger partial charge is 0.480 e. The quantitative estimate of drug-likeness (QED) is 0.231. The lowest BCUT2D eigenvalue weighted by Gasteiger charge is -2.17. The lowest BCUT2D eigenvalue weighted by molar-refractivity contribution is -0.394. The van der Waals surface area contributed by atoms with E-state index in [0.29, 0.717) is 0 Å². The van der Waals surface area contributed by atoms with E-state index in [1.807, 2.05) is 48.5 Å². The molecule has 0 saturated carbocycles. The van der Waals surface area contributed by atoms with Gasteiger partial charge in [0.05, 0.1) is 27.9 Å². The van der Waals surface area contributed by atoms with Crippen molar-refractivity contribution in [1.82, 2.24) is 14.9 Å². The molecule has 1 aliphatic rings. The first-order valence-corrected chi connectivity index (χ1v) is 12.0. The Morgan fingerprint density at radius 1 is 1.00 bits per heavy atom. The van der Waals surface area contributed by atoms with Crippen LogP contribution in [0.4, 0.5) is 16.2 Å². The molecule has 0 unspecified atom stereocenters. The van der Waals surface area contributed by atoms with Crippen LogP contribution < -0.4 is 5.32 Å². The van der Waals surface area contributed by atoms with Gasteiger partial charge in [-0.15, -0.1) is 0 Å². The Morgan fingerprint density at radius 3 is 2.25 bits per heavy atom. The van der Waals surface area contributed by atoms with Crippen LogP contribution in [-0.4, -0.2) is 49.2 Å². The van der Waals surface area contributed by atoms with Gasteiger partial charge >= 0.3 is 12.1 Å². The first-order chi connectivity index (χ1) is 19.2. The summed E-state index contributed by atoms with van der Waals surface area (Å²) in [6.07, 6.45) is 1.41. The van der Waals surface area contributed by atoms with E-state index in [2.05, 4.69) is 10.3 Å². The number of non-ortho nitro benzene ring substituents is 1. The number of hydrogen-bond donors (Lipinski definition) is 2. The van der Waals surface area contributed by atoms with Crippen LogP contribution in [0.2, 0.25) is 0 Å². The third-order valence-corrected chi connectivity index (χ3v) is 6.63. The van der Waals surface area contributed by atoms with Gasteiger partial charge in [-0.1, -0.05) is 48.5 Å². The van der Waals surface area contributed by atoms with Crippen LogP contribution in [0.15, 0.2) is 79.3 Å². The van der Waals surface area contributed by atoms with Gasteiger partial charge < -0.3 is 15.2 Å². The average molecular weight is 543 g/mol. The monoisotopic (exact) mass is 543 g/mol. The van der Waals surface area contributed by atoms with Crippen molar-refractivity contribution in [3.05, 3.63) is 116 Å². The maximum atomic E-state index is 12.6. The second-order valence-electron chi connectivity index (χ2n) is 9.02. The lowest BCUT2D eigenvalue weighted by Crippen LogP contribution is -2.43. The Balaban J connectivity index is 1.27. The molecule has 5 rings (SSSR count). The van der Waals surface area contributed by atoms with Crippen LogP contribution in [0.25, 0.3) is 16.8 Å². The number of hydrogen-bond acceptors (Lipinski definition) is 8. The van der Waals surface area contributed by atoms with Gasteiger partial charge in [0.1, 0.15) is 18.3 Å². The number of carboxylic acids is 1. The Labute approximate surface area is 226 Å². The molecule has 0 radical (unpaired) electrons. The zero-order chi connectivity index (χ0) is 28.4. The van der Waals surface area contributed by atoms with E-state index in [9.17, 15) is 34.9 Å². The molecule has 1 atom stereocenters. The van der Waals surface area contributed by atoms with Crippen molar-refractivity contribution >= 4 is 23.4 Å². The van der Waals surface area contributed by atoms with Gasteiger partial charge in [-0.25, -0.2) is 14.6 Å². The van der Waals surface area contributed by atoms with Crippen LogP contribution in [0.5, 0.6) is 0 Å². The first kappa shape index (κ1) is 26.0. The third-order valence-electron chi connectivity index (χ3n) is 6.63. The Morgan fingerprint density at radius 2 is 1.65 bits per heavy atom. The molecule has 40 heavy (non-hydrogen) atoms. The van der Waals surface area contributed by atoms with E-state index in [4.69, 9.17) is 4.74 Å². The SMILES string of the molecule is O=C(N[C@@H](Cc1cn(-c2ccc([N+](=O)[O-])cc2[N+](=O)[O-])cn1)C(=O)O)OCC1c2ccccc2-c2ccccc21. The molecule has 0 aliphatic heterocycles. The number of nitro benzene ring substituents is 2. The van der Waals surface area contributed by atoms with Gasteiger partial charge in [-0.3, -0.25) is 24.8 Å². The molecular weight excluding hydrogens is 522 g/mol. The number of amides is 1. The molecule has 13 heteroatoms. The summed E-state index contributed by atoms with van der Waals surface area (Å²) in [6.45, 7) is 0.00460. The molecular formula is C27H21N5O8. The number of carbonyl (C=O) groups excluding carboxylic acids is 1. The van der Waals surface area contributed by atoms with Crippen molar-refractivity contribution in [3.8, 4) is 16.8 Å². The lowest BCUT2D eigenvalue weighted by atomic mass is 9.98. The van der Waals surface area contributed by atoms with Crippen molar-refractivity contribution in [2.45, 2.75) is 18.4 Å². The van der Waals surface area contributed by atoms with Gasteiger partial charge in [0.25, 0.3) is 11.4 Å². The maximum absolute atomic E-state index is 12.6. The van der Waals surface area contributed by atoms with Crippen molar-refractivity contribution in [2.75, 3.05) is 6.61 Å². The molecule has 1 heterocycles. The fourth-order valence-corrected chi connectivity index (χ4v) is 4.78. The van der Waals surface area contributed by atoms with E-state index < -0.39 is 39.3 Å². The number of aliphatic carboxylic acids is 1. The summed E-state index contributed by atoms with van der Waals surface area (Å²) in [5.41, 5.74) is 3.37. The summed E-state index contributed by atoms with van der Waals surface area (Å²) >= 11 is 0. The predicted octanol–water partition coefficient (Wildman–Crippen LogP) is 4.22. The Bertz CT molecular complexity index is 1600. The Kier molecular flexibility index (Phi) is 6.93. The van der Waals surface area contributed by atoms with Crippen LogP contribution in [0, 0.1) is 20.2 Å². The fraction of sp³-hybridized carbons (Fsp3) is 0.148. The number of nitro groups is 2. The molecule has 0 bridgehead atoms. The molecule has 1 aromatic heterocycles. The van der Waals surface area contributed by atoms with E-state index in [-0.39, 0.29) is 30.3 Å². The van der Waals surface area contributed by atoms with Crippen LogP contribution in [0.1, 0.15) is 22.7 Å². The number of alkyl carbamates (subject to hydrolysis) is 1. The van der Waals surface area contributed by atoms with Gasteiger partial charge in [-0.05, 0) is 28.3 Å². The summed E-state index contributed by atoms with van der Waals surface area (Å²) in [7, 11) is 0. The molecule has 3 aromatic carbocycles. The number of carbonyl (C=O) groups is 2. The predicted molar refractivity (Wildman–Crippen MR) is 140 cm³/mol. The number of imidazole rings is 1. The van der Waals surface area contributed by atoms with Crippen LogP contribution in [0.3, 0.4) is 0 Å². The van der Waals surface area contributed by atoms with Crippen LogP contribution in [-0.2, 0) is 16.0 Å². The molecule has 2 N–H and O–H groups in total. The number of fused-ring (bicyclic) bond motifs is 3. The molecule has 0 saturated heterocycles. The second-order valence-corrected chi connectivity index (χ2v) is 9.02. The summed E-state index contributed by atoms with van der Waals surface area (Å²) in [6, 6.07) is 17.4. The highest BCUT2D eigenvalue weighted by molar-refractivity contribution is 5.81. The topological polar surface area (TPSA) is 180 Å². The maximum Gasteiger partial charge on any atom is 0.407 e. The first-order valence-electron chi connectivity index (χ1n) is 12.0. The van der Waals surface area contributed by atoms with Crippen molar-refractivity contribution in [3.63, 3.8) is 0 Å². The standard InChI is InChI=1S/C27H21N5O8/c33-26(34)23(11-16-13-30(15-28-16)24-10-9-17(31(36)37)12-25(24)32(38)39)29-27(35)40-14-22-20-7-3-1-5-18(20)19-6-2-4-8-21(19)22/h1-10,12-13,15,22-23H,11,14H2,(H,29,35)(H,33,34)/t23-/m0/s1. The molecule has 13 nitrogen and oxygen atoms in total. The number of rotatable bonds is 9. The van der Waals surface area contributed by atoms with Crippen molar-refractivity contribution in [1.29, 1.82) is 0 Å². The zero-order valence-electron chi connectivity index (χ0n) is 20.7. The van der Waals surface area contributed by atoms with Crippen LogP contribution >= 0.6 is 0 Å².